The first-order valence-corrected chi connectivity index (χ1v) is 11.9. The van der Waals surface area contributed by atoms with Crippen LogP contribution >= 0.6 is 0 Å². The number of esters is 1. The van der Waals surface area contributed by atoms with Gasteiger partial charge in [0.25, 0.3) is 0 Å². The van der Waals surface area contributed by atoms with Gasteiger partial charge in [0.05, 0.1) is 42.3 Å². The number of nitriles is 1. The van der Waals surface area contributed by atoms with Crippen LogP contribution < -0.4 is 9.75 Å². The molecule has 3 aliphatic rings. The molecule has 2 aromatic rings. The van der Waals surface area contributed by atoms with Crippen LogP contribution in [-0.2, 0) is 11.2 Å². The number of nitrogens with zero attached hydrogens (tertiary/aromatic N) is 3. The van der Waals surface area contributed by atoms with Gasteiger partial charge < -0.3 is 9.47 Å². The number of carbonyl (C=O) groups excluding carboxylic acids is 1. The summed E-state index contributed by atoms with van der Waals surface area (Å²) >= 11 is 0. The van der Waals surface area contributed by atoms with Gasteiger partial charge in [-0.1, -0.05) is 18.9 Å². The molecule has 2 atom stereocenters. The van der Waals surface area contributed by atoms with E-state index in [2.05, 4.69) is 11.1 Å². The lowest BCUT2D eigenvalue weighted by Gasteiger charge is -2.34. The van der Waals surface area contributed by atoms with Gasteiger partial charge in [-0.3, -0.25) is 5.01 Å². The van der Waals surface area contributed by atoms with Crippen LogP contribution in [0, 0.1) is 23.2 Å². The van der Waals surface area contributed by atoms with Crippen LogP contribution in [0.5, 0.6) is 5.75 Å². The minimum absolute atomic E-state index is 0.272. The molecule has 6 heteroatoms. The maximum absolute atomic E-state index is 12.2. The molecule has 6 nitrogen and oxygen atoms in total. The van der Waals surface area contributed by atoms with Crippen LogP contribution in [0.3, 0.4) is 0 Å². The standard InChI is InChI=1S/C27H29N3O3/c1-3-33-27(31)19-10-12-22-18(14-19)9-13-23-25(22)29-30(26(23)17-6-4-5-7-17)21-11-8-20(16-28)24(15-21)32-2/h8,10-12,14-15,17,23,26H,3-7,9,13H2,1-2H3/t23-,26-/m0/s1. The number of aryl methyl sites for hydroxylation is 1. The Morgan fingerprint density at radius 2 is 2.00 bits per heavy atom. The lowest BCUT2D eigenvalue weighted by atomic mass is 9.75. The largest absolute Gasteiger partial charge is 0.495 e. The number of methoxy groups -OCH3 is 1. The average molecular weight is 444 g/mol. The fraction of sp³-hybridized carbons (Fsp3) is 0.444. The topological polar surface area (TPSA) is 74.9 Å². The zero-order chi connectivity index (χ0) is 22.9. The summed E-state index contributed by atoms with van der Waals surface area (Å²) in [5, 5.41) is 16.8. The Balaban J connectivity index is 1.55. The van der Waals surface area contributed by atoms with E-state index in [4.69, 9.17) is 14.6 Å². The van der Waals surface area contributed by atoms with Gasteiger partial charge in [-0.25, -0.2) is 4.79 Å². The minimum Gasteiger partial charge on any atom is -0.495 e. The molecule has 33 heavy (non-hydrogen) atoms. The maximum Gasteiger partial charge on any atom is 0.338 e. The summed E-state index contributed by atoms with van der Waals surface area (Å²) in [7, 11) is 1.60. The Labute approximate surface area is 194 Å². The molecule has 1 saturated carbocycles. The van der Waals surface area contributed by atoms with E-state index in [0.717, 1.165) is 29.8 Å². The summed E-state index contributed by atoms with van der Waals surface area (Å²) in [5.74, 6) is 1.26. The maximum atomic E-state index is 12.2. The fourth-order valence-electron chi connectivity index (χ4n) is 5.82. The predicted octanol–water partition coefficient (Wildman–Crippen LogP) is 5.09. The van der Waals surface area contributed by atoms with E-state index in [9.17, 15) is 10.1 Å². The Hall–Kier alpha value is -3.33. The summed E-state index contributed by atoms with van der Waals surface area (Å²) in [6, 6.07) is 14.1. The number of hydrazone groups is 1. The molecule has 0 unspecified atom stereocenters. The highest BCUT2D eigenvalue weighted by molar-refractivity contribution is 6.07. The second-order valence-corrected chi connectivity index (χ2v) is 9.10. The molecule has 0 radical (unpaired) electrons. The molecule has 0 bridgehead atoms. The van der Waals surface area contributed by atoms with E-state index in [-0.39, 0.29) is 5.97 Å². The number of carbonyl (C=O) groups is 1. The van der Waals surface area contributed by atoms with Crippen LogP contribution in [0.25, 0.3) is 0 Å². The molecule has 0 amide bonds. The highest BCUT2D eigenvalue weighted by Gasteiger charge is 2.45. The zero-order valence-electron chi connectivity index (χ0n) is 19.2. The second kappa shape index (κ2) is 8.90. The highest BCUT2D eigenvalue weighted by Crippen LogP contribution is 2.45. The van der Waals surface area contributed by atoms with Gasteiger partial charge in [0.15, 0.2) is 0 Å². The average Bonchev–Trinajstić information content (AvgIpc) is 3.51. The first-order valence-electron chi connectivity index (χ1n) is 11.9. The van der Waals surface area contributed by atoms with Gasteiger partial charge in [0.1, 0.15) is 11.8 Å². The SMILES string of the molecule is CCOC(=O)c1ccc2c(c1)CC[C@H]1C2=NN(c2ccc(C#N)c(OC)c2)[C@H]1C1CCCC1. The molecule has 170 valence electrons. The number of ether oxygens (including phenoxy) is 2. The van der Waals surface area contributed by atoms with Crippen LogP contribution in [-0.4, -0.2) is 31.4 Å². The Morgan fingerprint density at radius 1 is 1.18 bits per heavy atom. The number of fused-ring (bicyclic) bond motifs is 3. The van der Waals surface area contributed by atoms with Crippen molar-refractivity contribution in [1.29, 1.82) is 5.26 Å². The van der Waals surface area contributed by atoms with Crippen molar-refractivity contribution in [3.05, 3.63) is 58.7 Å². The van der Waals surface area contributed by atoms with Crippen LogP contribution in [0.1, 0.15) is 66.1 Å². The summed E-state index contributed by atoms with van der Waals surface area (Å²) in [5.41, 5.74) is 5.53. The molecule has 2 aromatic carbocycles. The van der Waals surface area contributed by atoms with E-state index in [1.165, 1.54) is 31.2 Å². The lowest BCUT2D eigenvalue weighted by Crippen LogP contribution is -2.40. The van der Waals surface area contributed by atoms with Crippen molar-refractivity contribution in [3.8, 4) is 11.8 Å². The van der Waals surface area contributed by atoms with Crippen molar-refractivity contribution < 1.29 is 14.3 Å². The smallest absolute Gasteiger partial charge is 0.338 e. The third kappa shape index (κ3) is 3.76. The monoisotopic (exact) mass is 443 g/mol. The molecule has 1 fully saturated rings. The van der Waals surface area contributed by atoms with Gasteiger partial charge in [0.2, 0.25) is 0 Å². The van der Waals surface area contributed by atoms with E-state index in [1.54, 1.807) is 7.11 Å². The van der Waals surface area contributed by atoms with Gasteiger partial charge >= 0.3 is 5.97 Å². The molecule has 0 saturated heterocycles. The Kier molecular flexibility index (Phi) is 5.80. The van der Waals surface area contributed by atoms with Gasteiger partial charge in [-0.15, -0.1) is 0 Å². The quantitative estimate of drug-likeness (QED) is 0.602. The molecule has 5 rings (SSSR count). The van der Waals surface area contributed by atoms with E-state index >= 15 is 0 Å². The minimum atomic E-state index is -0.272. The summed E-state index contributed by atoms with van der Waals surface area (Å²) in [6.45, 7) is 2.20. The first kappa shape index (κ1) is 21.5. The molecule has 0 spiro atoms. The van der Waals surface area contributed by atoms with Crippen molar-refractivity contribution in [2.45, 2.75) is 51.5 Å². The summed E-state index contributed by atoms with van der Waals surface area (Å²) in [4.78, 5) is 12.2. The first-order chi connectivity index (χ1) is 16.1. The number of hydrogen-bond donors (Lipinski definition) is 0. The molecule has 0 N–H and O–H groups in total. The molecular weight excluding hydrogens is 414 g/mol. The Morgan fingerprint density at radius 3 is 2.73 bits per heavy atom. The molecule has 2 aliphatic carbocycles. The van der Waals surface area contributed by atoms with Crippen LogP contribution in [0.2, 0.25) is 0 Å². The fourth-order valence-corrected chi connectivity index (χ4v) is 5.82. The van der Waals surface area contributed by atoms with Crippen molar-refractivity contribution in [3.63, 3.8) is 0 Å². The zero-order valence-corrected chi connectivity index (χ0v) is 19.2. The van der Waals surface area contributed by atoms with Crippen LogP contribution in [0.15, 0.2) is 41.5 Å². The van der Waals surface area contributed by atoms with Crippen molar-refractivity contribution in [2.75, 3.05) is 18.7 Å². The third-order valence-corrected chi connectivity index (χ3v) is 7.33. The number of anilines is 1. The van der Waals surface area contributed by atoms with Crippen LogP contribution in [0.4, 0.5) is 5.69 Å². The van der Waals surface area contributed by atoms with Gasteiger partial charge in [-0.2, -0.15) is 10.4 Å². The molecular formula is C27H29N3O3. The highest BCUT2D eigenvalue weighted by atomic mass is 16.5. The third-order valence-electron chi connectivity index (χ3n) is 7.33. The summed E-state index contributed by atoms with van der Waals surface area (Å²) < 4.78 is 10.7. The van der Waals surface area contributed by atoms with Crippen molar-refractivity contribution >= 4 is 17.4 Å². The van der Waals surface area contributed by atoms with E-state index in [0.29, 0.717) is 41.4 Å². The Bertz CT molecular complexity index is 1140. The normalized spacial score (nSPS) is 21.7. The molecule has 0 aromatic heterocycles. The predicted molar refractivity (Wildman–Crippen MR) is 127 cm³/mol. The van der Waals surface area contributed by atoms with Gasteiger partial charge in [0, 0.05) is 17.5 Å². The lowest BCUT2D eigenvalue weighted by molar-refractivity contribution is 0.0526. The van der Waals surface area contributed by atoms with E-state index in [1.807, 2.05) is 43.3 Å². The molecule has 1 heterocycles. The van der Waals surface area contributed by atoms with Gasteiger partial charge in [-0.05, 0) is 68.4 Å². The van der Waals surface area contributed by atoms with Crippen molar-refractivity contribution in [2.24, 2.45) is 16.9 Å². The van der Waals surface area contributed by atoms with Crippen molar-refractivity contribution in [1.82, 2.24) is 0 Å². The number of rotatable bonds is 5. The number of benzene rings is 2. The number of hydrogen-bond acceptors (Lipinski definition) is 6. The summed E-state index contributed by atoms with van der Waals surface area (Å²) in [6.07, 6.45) is 6.94. The molecule has 1 aliphatic heterocycles. The van der Waals surface area contributed by atoms with E-state index < -0.39 is 0 Å². The second-order valence-electron chi connectivity index (χ2n) is 9.10.